The van der Waals surface area contributed by atoms with Gasteiger partial charge in [0.15, 0.2) is 11.5 Å². The Kier molecular flexibility index (Phi) is 1.32. The Morgan fingerprint density at radius 1 is 1.31 bits per heavy atom. The van der Waals surface area contributed by atoms with Gasteiger partial charge in [-0.25, -0.2) is 0 Å². The fourth-order valence-electron chi connectivity index (χ4n) is 1.96. The van der Waals surface area contributed by atoms with Crippen LogP contribution in [0.5, 0.6) is 11.5 Å². The van der Waals surface area contributed by atoms with Crippen LogP contribution in [0.25, 0.3) is 0 Å². The largest absolute Gasteiger partial charge is 0.454 e. The summed E-state index contributed by atoms with van der Waals surface area (Å²) in [6, 6.07) is 4.01. The van der Waals surface area contributed by atoms with Crippen molar-refractivity contribution in [2.75, 3.05) is 13.4 Å². The molecule has 3 heteroatoms. The highest BCUT2D eigenvalue weighted by Gasteiger charge is 2.29. The first kappa shape index (κ1) is 7.21. The van der Waals surface area contributed by atoms with Gasteiger partial charge >= 0.3 is 0 Å². The third-order valence-electron chi connectivity index (χ3n) is 2.76. The normalized spacial score (nSPS) is 22.4. The van der Waals surface area contributed by atoms with Gasteiger partial charge in [0.2, 0.25) is 6.79 Å². The first-order valence-corrected chi connectivity index (χ1v) is 4.42. The van der Waals surface area contributed by atoms with E-state index in [0.29, 0.717) is 12.7 Å². The molecule has 13 heavy (non-hydrogen) atoms. The fourth-order valence-corrected chi connectivity index (χ4v) is 1.96. The van der Waals surface area contributed by atoms with Crippen LogP contribution < -0.4 is 9.47 Å². The van der Waals surface area contributed by atoms with Crippen LogP contribution in [0.1, 0.15) is 17.0 Å². The Bertz CT molecular complexity index is 359. The van der Waals surface area contributed by atoms with Gasteiger partial charge in [0.1, 0.15) is 0 Å². The summed E-state index contributed by atoms with van der Waals surface area (Å²) in [6.07, 6.45) is 0.961. The zero-order valence-corrected chi connectivity index (χ0v) is 7.12. The maximum atomic E-state index is 9.01. The fraction of sp³-hybridized carbons (Fsp3) is 0.400. The Labute approximate surface area is 75.9 Å². The number of aliphatic hydroxyl groups is 1. The topological polar surface area (TPSA) is 38.7 Å². The molecule has 1 atom stereocenters. The molecular formula is C10H10O3. The molecule has 1 N–H and O–H groups in total. The van der Waals surface area contributed by atoms with Crippen molar-refractivity contribution >= 4 is 0 Å². The zero-order chi connectivity index (χ0) is 8.84. The maximum absolute atomic E-state index is 9.01. The van der Waals surface area contributed by atoms with Crippen LogP contribution in [0.3, 0.4) is 0 Å². The molecule has 0 bridgehead atoms. The summed E-state index contributed by atoms with van der Waals surface area (Å²) in [5.74, 6) is 1.97. The van der Waals surface area contributed by atoms with E-state index in [4.69, 9.17) is 14.6 Å². The number of benzene rings is 1. The van der Waals surface area contributed by atoms with Crippen molar-refractivity contribution in [1.82, 2.24) is 0 Å². The highest BCUT2D eigenvalue weighted by molar-refractivity contribution is 5.54. The SMILES string of the molecule is OCC1Cc2cc3c(cc21)OCO3. The minimum absolute atomic E-state index is 0.229. The summed E-state index contributed by atoms with van der Waals surface area (Å²) in [5, 5.41) is 9.01. The Morgan fingerprint density at radius 2 is 2.08 bits per heavy atom. The van der Waals surface area contributed by atoms with Crippen LogP contribution >= 0.6 is 0 Å². The molecule has 1 aliphatic heterocycles. The van der Waals surface area contributed by atoms with Crippen molar-refractivity contribution in [2.24, 2.45) is 0 Å². The molecule has 0 saturated heterocycles. The van der Waals surface area contributed by atoms with Crippen molar-refractivity contribution in [3.8, 4) is 11.5 Å². The zero-order valence-electron chi connectivity index (χ0n) is 7.12. The lowest BCUT2D eigenvalue weighted by atomic mass is 9.78. The second kappa shape index (κ2) is 2.39. The second-order valence-electron chi connectivity index (χ2n) is 3.49. The Balaban J connectivity index is 2.06. The summed E-state index contributed by atoms with van der Waals surface area (Å²) >= 11 is 0. The predicted octanol–water partition coefficient (Wildman–Crippen LogP) is 1.05. The molecule has 3 nitrogen and oxygen atoms in total. The molecular weight excluding hydrogens is 168 g/mol. The van der Waals surface area contributed by atoms with E-state index in [2.05, 4.69) is 0 Å². The molecule has 0 amide bonds. The Hall–Kier alpha value is -1.22. The van der Waals surface area contributed by atoms with E-state index in [0.717, 1.165) is 17.9 Å². The average molecular weight is 178 g/mol. The molecule has 1 aliphatic carbocycles. The van der Waals surface area contributed by atoms with E-state index >= 15 is 0 Å². The number of hydrogen-bond donors (Lipinski definition) is 1. The highest BCUT2D eigenvalue weighted by atomic mass is 16.7. The van der Waals surface area contributed by atoms with E-state index in [1.165, 1.54) is 11.1 Å². The first-order chi connectivity index (χ1) is 6.38. The number of fused-ring (bicyclic) bond motifs is 2. The van der Waals surface area contributed by atoms with Gasteiger partial charge in [-0.05, 0) is 29.7 Å². The summed E-state index contributed by atoms with van der Waals surface area (Å²) in [4.78, 5) is 0. The highest BCUT2D eigenvalue weighted by Crippen LogP contribution is 2.43. The molecule has 1 unspecified atom stereocenters. The molecule has 0 aromatic heterocycles. The Morgan fingerprint density at radius 3 is 2.85 bits per heavy atom. The maximum Gasteiger partial charge on any atom is 0.231 e. The third-order valence-corrected chi connectivity index (χ3v) is 2.76. The molecule has 0 spiro atoms. The summed E-state index contributed by atoms with van der Waals surface area (Å²) in [6.45, 7) is 0.550. The van der Waals surface area contributed by atoms with E-state index in [1.54, 1.807) is 0 Å². The number of aliphatic hydroxyl groups excluding tert-OH is 1. The molecule has 0 radical (unpaired) electrons. The van der Waals surface area contributed by atoms with Crippen molar-refractivity contribution in [1.29, 1.82) is 0 Å². The van der Waals surface area contributed by atoms with Gasteiger partial charge in [0.05, 0.1) is 6.61 Å². The molecule has 1 aromatic rings. The van der Waals surface area contributed by atoms with E-state index in [1.807, 2.05) is 12.1 Å². The quantitative estimate of drug-likeness (QED) is 0.698. The van der Waals surface area contributed by atoms with Crippen molar-refractivity contribution in [2.45, 2.75) is 12.3 Å². The van der Waals surface area contributed by atoms with Crippen LogP contribution in [0.15, 0.2) is 12.1 Å². The predicted molar refractivity (Wildman–Crippen MR) is 46.1 cm³/mol. The first-order valence-electron chi connectivity index (χ1n) is 4.42. The molecule has 1 aromatic carbocycles. The number of ether oxygens (including phenoxy) is 2. The van der Waals surface area contributed by atoms with Crippen LogP contribution in [-0.2, 0) is 6.42 Å². The van der Waals surface area contributed by atoms with Crippen molar-refractivity contribution < 1.29 is 14.6 Å². The molecule has 0 fully saturated rings. The van der Waals surface area contributed by atoms with Crippen LogP contribution in [0, 0.1) is 0 Å². The van der Waals surface area contributed by atoms with Crippen molar-refractivity contribution in [3.63, 3.8) is 0 Å². The van der Waals surface area contributed by atoms with E-state index in [9.17, 15) is 0 Å². The lowest BCUT2D eigenvalue weighted by molar-refractivity contribution is 0.174. The average Bonchev–Trinajstić information content (AvgIpc) is 2.55. The van der Waals surface area contributed by atoms with Crippen LogP contribution in [-0.4, -0.2) is 18.5 Å². The van der Waals surface area contributed by atoms with Gasteiger partial charge in [-0.15, -0.1) is 0 Å². The van der Waals surface area contributed by atoms with Gasteiger partial charge in [0.25, 0.3) is 0 Å². The molecule has 2 aliphatic rings. The third kappa shape index (κ3) is 0.877. The van der Waals surface area contributed by atoms with Crippen LogP contribution in [0.4, 0.5) is 0 Å². The van der Waals surface area contributed by atoms with Crippen molar-refractivity contribution in [3.05, 3.63) is 23.3 Å². The summed E-state index contributed by atoms with van der Waals surface area (Å²) in [5.41, 5.74) is 2.50. The van der Waals surface area contributed by atoms with E-state index < -0.39 is 0 Å². The lowest BCUT2D eigenvalue weighted by Crippen LogP contribution is -2.19. The van der Waals surface area contributed by atoms with Gasteiger partial charge in [-0.2, -0.15) is 0 Å². The smallest absolute Gasteiger partial charge is 0.231 e. The summed E-state index contributed by atoms with van der Waals surface area (Å²) < 4.78 is 10.5. The van der Waals surface area contributed by atoms with Gasteiger partial charge in [0, 0.05) is 5.92 Å². The molecule has 1 heterocycles. The lowest BCUT2D eigenvalue weighted by Gasteiger charge is -2.28. The number of rotatable bonds is 1. The second-order valence-corrected chi connectivity index (χ2v) is 3.49. The molecule has 0 saturated carbocycles. The minimum Gasteiger partial charge on any atom is -0.454 e. The standard InChI is InChI=1S/C10H10O3/c11-4-7-1-6-2-9-10(3-8(6)7)13-5-12-9/h2-3,7,11H,1,4-5H2. The van der Waals surface area contributed by atoms with Gasteiger partial charge in [-0.1, -0.05) is 0 Å². The van der Waals surface area contributed by atoms with Gasteiger partial charge < -0.3 is 14.6 Å². The monoisotopic (exact) mass is 178 g/mol. The summed E-state index contributed by atoms with van der Waals surface area (Å²) in [7, 11) is 0. The number of hydrogen-bond acceptors (Lipinski definition) is 3. The molecule has 3 rings (SSSR count). The van der Waals surface area contributed by atoms with Gasteiger partial charge in [-0.3, -0.25) is 0 Å². The minimum atomic E-state index is 0.229. The molecule has 68 valence electrons. The van der Waals surface area contributed by atoms with E-state index in [-0.39, 0.29) is 6.61 Å². The van der Waals surface area contributed by atoms with Crippen LogP contribution in [0.2, 0.25) is 0 Å².